The Morgan fingerprint density at radius 1 is 0.937 bits per heavy atom. The number of carboxylic acid groups (broad SMARTS) is 1. The molecule has 6 rings (SSSR count). The molecule has 0 radical (unpaired) electrons. The molecule has 3 spiro atoms. The zero-order valence-electron chi connectivity index (χ0n) is 39.5. The summed E-state index contributed by atoms with van der Waals surface area (Å²) in [5.41, 5.74) is -3.33. The van der Waals surface area contributed by atoms with E-state index in [1.165, 1.54) is 0 Å². The average molecular weight is 912 g/mol. The molecular weight excluding hydrogens is 835 g/mol. The Hall–Kier alpha value is -2.18. The lowest BCUT2D eigenvalue weighted by Crippen LogP contribution is -2.65. The quantitative estimate of drug-likeness (QED) is 0.137. The standard InChI is InChI=1S/C47H77NO14S/c1-12-32(40(51)52)34-16-15-28(5)45(59-34)26-42(45,9)39(50)30(7)37(49)33(13-2)38-27(4)25-29(6)46(60-38)20-17-35(48-41(53)57-23-24-63(11,55)56)47(62-46)22-21-43(10,61-47)36-18-19-44(54,14-3)31(8)58-36/h17,20,27-36,38-39,50,54H,12-16,18-19,21-26H2,1-11H3,(H,48,53)(H,51,52)/t27-,28-,29+,30+,31-,32+,33-,34+,35+,36+,38-,39+,42?,43-,44+,45+,46-,47-/m0/s1. The van der Waals surface area contributed by atoms with Gasteiger partial charge in [0.2, 0.25) is 0 Å². The van der Waals surface area contributed by atoms with Crippen molar-refractivity contribution in [3.8, 4) is 0 Å². The van der Waals surface area contributed by atoms with Crippen molar-refractivity contribution in [2.75, 3.05) is 18.6 Å². The van der Waals surface area contributed by atoms with Gasteiger partial charge in [0.1, 0.15) is 18.4 Å². The number of amides is 1. The number of ether oxygens (including phenoxy) is 6. The van der Waals surface area contributed by atoms with Crippen LogP contribution in [0.3, 0.4) is 0 Å². The SMILES string of the molecule is CC[C@@H](C(=O)[C@@H](C)[C@@H](O)C1(C)C[C@]12O[C@@H]([C@@H](CC)C(=O)O)CC[C@@H]2C)[C@H]1O[C@]2(C=C[C@@H](NC(=O)OCCS(C)(=O)=O)[C@]3(CC[C@@](C)([C@H]4CC[C@](O)(CC)[C@H](C)O4)O3)O2)[C@H](C)C[C@@H]1C. The van der Waals surface area contributed by atoms with E-state index >= 15 is 0 Å². The molecule has 63 heavy (non-hydrogen) atoms. The largest absolute Gasteiger partial charge is 0.481 e. The van der Waals surface area contributed by atoms with Crippen LogP contribution < -0.4 is 5.32 Å². The van der Waals surface area contributed by atoms with Crippen molar-refractivity contribution in [2.45, 2.75) is 205 Å². The van der Waals surface area contributed by atoms with Crippen LogP contribution in [0.2, 0.25) is 0 Å². The van der Waals surface area contributed by atoms with E-state index in [4.69, 9.17) is 28.4 Å². The van der Waals surface area contributed by atoms with Crippen LogP contribution in [0, 0.1) is 40.9 Å². The van der Waals surface area contributed by atoms with Crippen LogP contribution in [-0.2, 0) is 47.8 Å². The first-order valence-electron chi connectivity index (χ1n) is 23.7. The third-order valence-electron chi connectivity index (χ3n) is 16.7. The zero-order chi connectivity index (χ0) is 46.7. The van der Waals surface area contributed by atoms with Gasteiger partial charge in [-0.3, -0.25) is 9.59 Å². The lowest BCUT2D eigenvalue weighted by molar-refractivity contribution is -0.398. The first kappa shape index (κ1) is 50.2. The van der Waals surface area contributed by atoms with Gasteiger partial charge in [-0.1, -0.05) is 61.5 Å². The molecule has 0 aromatic rings. The minimum absolute atomic E-state index is 0.0750. The van der Waals surface area contributed by atoms with Gasteiger partial charge >= 0.3 is 12.1 Å². The lowest BCUT2D eigenvalue weighted by atomic mass is 9.72. The molecule has 5 aliphatic heterocycles. The van der Waals surface area contributed by atoms with Crippen molar-refractivity contribution in [2.24, 2.45) is 40.9 Å². The average Bonchev–Trinajstić information content (AvgIpc) is 3.67. The number of aliphatic hydroxyl groups is 2. The first-order valence-corrected chi connectivity index (χ1v) is 25.7. The number of Topliss-reactive ketones (excluding diaryl/α,β-unsaturated/α-hetero) is 1. The van der Waals surface area contributed by atoms with Crippen LogP contribution >= 0.6 is 0 Å². The molecule has 15 nitrogen and oxygen atoms in total. The predicted octanol–water partition coefficient (Wildman–Crippen LogP) is 6.11. The van der Waals surface area contributed by atoms with Gasteiger partial charge in [0, 0.05) is 35.8 Å². The Bertz CT molecular complexity index is 1850. The first-order chi connectivity index (χ1) is 29.3. The van der Waals surface area contributed by atoms with Crippen molar-refractivity contribution >= 4 is 27.7 Å². The van der Waals surface area contributed by atoms with E-state index in [9.17, 15) is 38.1 Å². The van der Waals surface area contributed by atoms with Crippen LogP contribution in [0.1, 0.15) is 140 Å². The maximum atomic E-state index is 14.8. The second kappa shape index (κ2) is 18.1. The van der Waals surface area contributed by atoms with Gasteiger partial charge < -0.3 is 49.1 Å². The summed E-state index contributed by atoms with van der Waals surface area (Å²) < 4.78 is 63.3. The number of nitrogens with one attached hydrogen (secondary N) is 1. The van der Waals surface area contributed by atoms with E-state index in [1.54, 1.807) is 19.1 Å². The van der Waals surface area contributed by atoms with Crippen molar-refractivity contribution in [1.82, 2.24) is 5.32 Å². The fraction of sp³-hybridized carbons (Fsp3) is 0.894. The molecule has 5 fully saturated rings. The summed E-state index contributed by atoms with van der Waals surface area (Å²) in [4.78, 5) is 40.2. The monoisotopic (exact) mass is 912 g/mol. The van der Waals surface area contributed by atoms with Crippen molar-refractivity contribution in [3.05, 3.63) is 12.2 Å². The number of hydrogen-bond donors (Lipinski definition) is 4. The number of aliphatic hydroxyl groups excluding tert-OH is 1. The van der Waals surface area contributed by atoms with E-state index < -0.39 is 110 Å². The van der Waals surface area contributed by atoms with Gasteiger partial charge in [0.15, 0.2) is 21.4 Å². The Balaban J connectivity index is 1.24. The summed E-state index contributed by atoms with van der Waals surface area (Å²) in [5, 5.41) is 36.1. The van der Waals surface area contributed by atoms with Crippen LogP contribution in [0.15, 0.2) is 12.2 Å². The highest BCUT2D eigenvalue weighted by Gasteiger charge is 2.74. The van der Waals surface area contributed by atoms with Crippen molar-refractivity contribution in [1.29, 1.82) is 0 Å². The minimum atomic E-state index is -3.38. The molecule has 6 aliphatic rings. The Morgan fingerprint density at radius 2 is 1.62 bits per heavy atom. The normalized spacial score (nSPS) is 44.5. The van der Waals surface area contributed by atoms with Crippen molar-refractivity contribution < 1.29 is 66.5 Å². The summed E-state index contributed by atoms with van der Waals surface area (Å²) in [5.74, 6) is -6.47. The number of rotatable bonds is 15. The summed E-state index contributed by atoms with van der Waals surface area (Å²) in [6.07, 6.45) is 6.70. The van der Waals surface area contributed by atoms with Crippen LogP contribution in [0.25, 0.3) is 0 Å². The van der Waals surface area contributed by atoms with E-state index in [0.29, 0.717) is 64.2 Å². The molecule has 1 amide bonds. The summed E-state index contributed by atoms with van der Waals surface area (Å²) in [7, 11) is -3.38. The van der Waals surface area contributed by atoms with Crippen molar-refractivity contribution in [3.63, 3.8) is 0 Å². The third kappa shape index (κ3) is 9.28. The molecule has 0 aromatic carbocycles. The Labute approximate surface area is 375 Å². The molecule has 5 heterocycles. The van der Waals surface area contributed by atoms with E-state index in [2.05, 4.69) is 19.2 Å². The van der Waals surface area contributed by atoms with Gasteiger partial charge in [-0.2, -0.15) is 0 Å². The number of alkyl carbamates (subject to hydrolysis) is 1. The summed E-state index contributed by atoms with van der Waals surface area (Å²) in [6.45, 7) is 19.1. The fourth-order valence-electron chi connectivity index (χ4n) is 12.2. The molecule has 0 bridgehead atoms. The smallest absolute Gasteiger partial charge is 0.407 e. The molecule has 18 atom stereocenters. The topological polar surface area (TPSA) is 213 Å². The lowest BCUT2D eigenvalue weighted by Gasteiger charge is -2.55. The van der Waals surface area contributed by atoms with Gasteiger partial charge in [-0.05, 0) is 96.0 Å². The summed E-state index contributed by atoms with van der Waals surface area (Å²) in [6, 6.07) is -0.879. The molecule has 0 aromatic heterocycles. The van der Waals surface area contributed by atoms with Gasteiger partial charge in [0.05, 0.1) is 59.0 Å². The Kier molecular flexibility index (Phi) is 14.5. The highest BCUT2D eigenvalue weighted by atomic mass is 32.2. The van der Waals surface area contributed by atoms with Crippen LogP contribution in [0.5, 0.6) is 0 Å². The van der Waals surface area contributed by atoms with Gasteiger partial charge in [0.25, 0.3) is 0 Å². The van der Waals surface area contributed by atoms with Crippen LogP contribution in [0.4, 0.5) is 4.79 Å². The number of sulfone groups is 1. The van der Waals surface area contributed by atoms with E-state index in [-0.39, 0.29) is 35.9 Å². The second-order valence-electron chi connectivity index (χ2n) is 20.9. The van der Waals surface area contributed by atoms with Crippen LogP contribution in [-0.4, -0.2) is 125 Å². The highest BCUT2D eigenvalue weighted by Crippen LogP contribution is 2.68. The molecule has 16 heteroatoms. The van der Waals surface area contributed by atoms with Gasteiger partial charge in [-0.25, -0.2) is 13.2 Å². The molecule has 4 saturated heterocycles. The van der Waals surface area contributed by atoms with E-state index in [0.717, 1.165) is 12.7 Å². The minimum Gasteiger partial charge on any atom is -0.481 e. The number of ketones is 1. The maximum absolute atomic E-state index is 14.8. The number of aliphatic carboxylic acids is 1. The number of carbonyl (C=O) groups excluding carboxylic acids is 2. The third-order valence-corrected chi connectivity index (χ3v) is 17.6. The summed E-state index contributed by atoms with van der Waals surface area (Å²) >= 11 is 0. The molecule has 360 valence electrons. The zero-order valence-corrected chi connectivity index (χ0v) is 40.3. The molecular formula is C47H77NO14S. The number of carboxylic acids is 1. The fourth-order valence-corrected chi connectivity index (χ4v) is 12.6. The maximum Gasteiger partial charge on any atom is 0.407 e. The highest BCUT2D eigenvalue weighted by molar-refractivity contribution is 7.90. The molecule has 1 unspecified atom stereocenters. The molecule has 1 aliphatic carbocycles. The second-order valence-corrected chi connectivity index (χ2v) is 23.1. The van der Waals surface area contributed by atoms with Gasteiger partial charge in [-0.15, -0.1) is 0 Å². The number of hydrogen-bond acceptors (Lipinski definition) is 13. The molecule has 1 saturated carbocycles. The van der Waals surface area contributed by atoms with E-state index in [1.807, 2.05) is 48.5 Å². The number of carbonyl (C=O) groups is 3. The molecule has 4 N–H and O–H groups in total. The predicted molar refractivity (Wildman–Crippen MR) is 233 cm³/mol. The Morgan fingerprint density at radius 3 is 2.22 bits per heavy atom.